The molecule has 2 bridgehead atoms. The van der Waals surface area contributed by atoms with Crippen LogP contribution in [-0.2, 0) is 9.59 Å². The Morgan fingerprint density at radius 3 is 2.41 bits per heavy atom. The van der Waals surface area contributed by atoms with E-state index in [0.29, 0.717) is 29.8 Å². The molecule has 0 aliphatic heterocycles. The summed E-state index contributed by atoms with van der Waals surface area (Å²) in [6.45, 7) is 8.81. The SMILES string of the molecule is CC12C=CC3(CCC4C(C)(C)C(=O)C(=Cc5ccccc5)CC4(C)C3CC1=O)C2. The molecule has 3 saturated carbocycles. The Balaban J connectivity index is 1.61. The van der Waals surface area contributed by atoms with E-state index in [1.165, 1.54) is 0 Å². The lowest BCUT2D eigenvalue weighted by Crippen LogP contribution is -2.60. The van der Waals surface area contributed by atoms with Gasteiger partial charge in [0.2, 0.25) is 0 Å². The Hall–Kier alpha value is -1.96. The van der Waals surface area contributed by atoms with Crippen LogP contribution in [0.5, 0.6) is 0 Å². The number of Topliss-reactive ketones (excluding diaryl/α,β-unsaturated/α-hetero) is 2. The molecule has 0 heterocycles. The minimum absolute atomic E-state index is 0.0258. The zero-order valence-electron chi connectivity index (χ0n) is 18.1. The first-order valence-corrected chi connectivity index (χ1v) is 11.1. The van der Waals surface area contributed by atoms with E-state index in [1.807, 2.05) is 18.2 Å². The standard InChI is InChI=1S/C27H32O2/c1-24(2)20-10-11-27-13-12-25(3,17-27)22(28)15-21(27)26(20,4)16-19(23(24)29)14-18-8-6-5-7-9-18/h5-9,12-14,20-21H,10-11,15-17H2,1-4H3. The van der Waals surface area contributed by atoms with Gasteiger partial charge in [-0.05, 0) is 72.5 Å². The summed E-state index contributed by atoms with van der Waals surface area (Å²) >= 11 is 0. The molecule has 0 N–H and O–H groups in total. The van der Waals surface area contributed by atoms with Gasteiger partial charge in [0.05, 0.1) is 0 Å². The Bertz CT molecular complexity index is 952. The van der Waals surface area contributed by atoms with E-state index < -0.39 is 0 Å². The average Bonchev–Trinajstić information content (AvgIpc) is 2.97. The van der Waals surface area contributed by atoms with Crippen LogP contribution in [0.1, 0.15) is 65.4 Å². The van der Waals surface area contributed by atoms with Gasteiger partial charge in [0.15, 0.2) is 5.78 Å². The first-order valence-electron chi connectivity index (χ1n) is 11.1. The lowest BCUT2D eigenvalue weighted by Gasteiger charge is -2.63. The van der Waals surface area contributed by atoms with Crippen molar-refractivity contribution in [3.8, 4) is 0 Å². The monoisotopic (exact) mass is 388 g/mol. The number of hydrogen-bond donors (Lipinski definition) is 0. The number of benzene rings is 1. The summed E-state index contributed by atoms with van der Waals surface area (Å²) in [6, 6.07) is 10.2. The maximum absolute atomic E-state index is 13.5. The number of hydrogen-bond acceptors (Lipinski definition) is 2. The summed E-state index contributed by atoms with van der Waals surface area (Å²) in [4.78, 5) is 26.6. The molecule has 2 nitrogen and oxygen atoms in total. The molecule has 5 unspecified atom stereocenters. The molecule has 2 heteroatoms. The Morgan fingerprint density at radius 2 is 1.69 bits per heavy atom. The first-order chi connectivity index (χ1) is 13.6. The van der Waals surface area contributed by atoms with Crippen LogP contribution in [0.15, 0.2) is 48.1 Å². The second-order valence-electron chi connectivity index (χ2n) is 11.2. The van der Waals surface area contributed by atoms with E-state index in [1.54, 1.807) is 0 Å². The van der Waals surface area contributed by atoms with E-state index in [-0.39, 0.29) is 21.7 Å². The van der Waals surface area contributed by atoms with Gasteiger partial charge in [0.25, 0.3) is 0 Å². The fraction of sp³-hybridized carbons (Fsp3) is 0.556. The summed E-state index contributed by atoms with van der Waals surface area (Å²) in [6.07, 6.45) is 11.3. The molecular weight excluding hydrogens is 356 g/mol. The third-order valence-corrected chi connectivity index (χ3v) is 9.15. The zero-order chi connectivity index (χ0) is 20.7. The van der Waals surface area contributed by atoms with Crippen molar-refractivity contribution >= 4 is 17.6 Å². The summed E-state index contributed by atoms with van der Waals surface area (Å²) < 4.78 is 0. The highest BCUT2D eigenvalue weighted by molar-refractivity contribution is 6.04. The highest BCUT2D eigenvalue weighted by Gasteiger charge is 2.66. The van der Waals surface area contributed by atoms with Crippen molar-refractivity contribution in [2.45, 2.75) is 59.8 Å². The Kier molecular flexibility index (Phi) is 3.81. The molecule has 1 aromatic carbocycles. The lowest BCUT2D eigenvalue weighted by molar-refractivity contribution is -0.160. The van der Waals surface area contributed by atoms with E-state index in [2.05, 4.69) is 58.1 Å². The molecule has 4 aliphatic rings. The molecule has 0 amide bonds. The minimum Gasteiger partial charge on any atom is -0.299 e. The van der Waals surface area contributed by atoms with Crippen molar-refractivity contribution in [1.82, 2.24) is 0 Å². The normalized spacial score (nSPS) is 43.9. The molecule has 1 aromatic rings. The van der Waals surface area contributed by atoms with Crippen molar-refractivity contribution in [1.29, 1.82) is 0 Å². The van der Waals surface area contributed by atoms with E-state index in [0.717, 1.165) is 36.8 Å². The number of rotatable bonds is 1. The number of carbonyl (C=O) groups is 2. The molecule has 29 heavy (non-hydrogen) atoms. The molecule has 152 valence electrons. The van der Waals surface area contributed by atoms with Gasteiger partial charge < -0.3 is 0 Å². The second kappa shape index (κ2) is 5.80. The summed E-state index contributed by atoms with van der Waals surface area (Å²) in [5.41, 5.74) is 1.50. The third kappa shape index (κ3) is 2.47. The maximum Gasteiger partial charge on any atom is 0.164 e. The Labute approximate surface area is 174 Å². The van der Waals surface area contributed by atoms with Crippen molar-refractivity contribution < 1.29 is 9.59 Å². The molecule has 5 rings (SSSR count). The number of carbonyl (C=O) groups excluding carboxylic acids is 2. The molecule has 0 saturated heterocycles. The molecular formula is C27H32O2. The van der Waals surface area contributed by atoms with Crippen LogP contribution in [0.2, 0.25) is 0 Å². The highest BCUT2D eigenvalue weighted by Crippen LogP contribution is 2.71. The van der Waals surface area contributed by atoms with E-state index in [4.69, 9.17) is 0 Å². The van der Waals surface area contributed by atoms with Crippen LogP contribution in [0.3, 0.4) is 0 Å². The topological polar surface area (TPSA) is 34.1 Å². The molecule has 4 aliphatic carbocycles. The van der Waals surface area contributed by atoms with Gasteiger partial charge in [-0.15, -0.1) is 0 Å². The van der Waals surface area contributed by atoms with Crippen LogP contribution in [0, 0.1) is 33.5 Å². The lowest BCUT2D eigenvalue weighted by atomic mass is 9.39. The van der Waals surface area contributed by atoms with Crippen molar-refractivity contribution in [2.75, 3.05) is 0 Å². The van der Waals surface area contributed by atoms with E-state index >= 15 is 0 Å². The molecule has 1 spiro atoms. The van der Waals surface area contributed by atoms with Gasteiger partial charge in [-0.3, -0.25) is 9.59 Å². The molecule has 3 fully saturated rings. The van der Waals surface area contributed by atoms with Crippen LogP contribution in [0.25, 0.3) is 6.08 Å². The number of fused-ring (bicyclic) bond motifs is 3. The second-order valence-corrected chi connectivity index (χ2v) is 11.2. The first kappa shape index (κ1) is 19.0. The zero-order valence-corrected chi connectivity index (χ0v) is 18.1. The van der Waals surface area contributed by atoms with Crippen LogP contribution >= 0.6 is 0 Å². The maximum atomic E-state index is 13.5. The van der Waals surface area contributed by atoms with Crippen LogP contribution < -0.4 is 0 Å². The Morgan fingerprint density at radius 1 is 0.966 bits per heavy atom. The van der Waals surface area contributed by atoms with Crippen molar-refractivity contribution in [3.05, 3.63) is 53.6 Å². The third-order valence-electron chi connectivity index (χ3n) is 9.15. The van der Waals surface area contributed by atoms with Gasteiger partial charge >= 0.3 is 0 Å². The summed E-state index contributed by atoms with van der Waals surface area (Å²) in [5.74, 6) is 1.36. The largest absolute Gasteiger partial charge is 0.299 e. The summed E-state index contributed by atoms with van der Waals surface area (Å²) in [7, 11) is 0. The number of allylic oxidation sites excluding steroid dienone is 3. The molecule has 5 atom stereocenters. The fourth-order valence-electron chi connectivity index (χ4n) is 7.79. The fourth-order valence-corrected chi connectivity index (χ4v) is 7.79. The quantitative estimate of drug-likeness (QED) is 0.435. The summed E-state index contributed by atoms with van der Waals surface area (Å²) in [5, 5.41) is 0. The molecule has 0 radical (unpaired) electrons. The van der Waals surface area contributed by atoms with Crippen LogP contribution in [0.4, 0.5) is 0 Å². The molecule has 0 aromatic heterocycles. The van der Waals surface area contributed by atoms with Gasteiger partial charge in [0, 0.05) is 17.3 Å². The predicted octanol–water partition coefficient (Wildman–Crippen LogP) is 6.03. The van der Waals surface area contributed by atoms with Crippen molar-refractivity contribution in [3.63, 3.8) is 0 Å². The highest BCUT2D eigenvalue weighted by atomic mass is 16.1. The average molecular weight is 389 g/mol. The minimum atomic E-state index is -0.388. The van der Waals surface area contributed by atoms with Gasteiger partial charge in [0.1, 0.15) is 5.78 Å². The van der Waals surface area contributed by atoms with Crippen LogP contribution in [-0.4, -0.2) is 11.6 Å². The smallest absolute Gasteiger partial charge is 0.164 e. The number of ketones is 2. The van der Waals surface area contributed by atoms with Gasteiger partial charge in [-0.2, -0.15) is 0 Å². The van der Waals surface area contributed by atoms with Gasteiger partial charge in [-0.25, -0.2) is 0 Å². The predicted molar refractivity (Wildman–Crippen MR) is 116 cm³/mol. The van der Waals surface area contributed by atoms with E-state index in [9.17, 15) is 9.59 Å². The van der Waals surface area contributed by atoms with Crippen molar-refractivity contribution in [2.24, 2.45) is 33.5 Å². The van der Waals surface area contributed by atoms with Gasteiger partial charge in [-0.1, -0.05) is 63.3 Å².